The number of hydrogen-bond acceptors (Lipinski definition) is 4. The van der Waals surface area contributed by atoms with Crippen molar-refractivity contribution in [3.05, 3.63) is 102 Å². The largest absolute Gasteiger partial charge is 0.497 e. The molecular weight excluding hydrogens is 378 g/mol. The molecule has 0 heterocycles. The smallest absolute Gasteiger partial charge is 0.329 e. The van der Waals surface area contributed by atoms with Crippen LogP contribution in [0.1, 0.15) is 16.7 Å². The Morgan fingerprint density at radius 1 is 0.800 bits per heavy atom. The van der Waals surface area contributed by atoms with Gasteiger partial charge in [0.1, 0.15) is 18.4 Å². The van der Waals surface area contributed by atoms with Crippen molar-refractivity contribution in [1.29, 1.82) is 0 Å². The summed E-state index contributed by atoms with van der Waals surface area (Å²) in [5, 5.41) is 2.83. The van der Waals surface area contributed by atoms with Gasteiger partial charge in [-0.15, -0.1) is 0 Å². The van der Waals surface area contributed by atoms with E-state index in [2.05, 4.69) is 5.32 Å². The lowest BCUT2D eigenvalue weighted by Gasteiger charge is -2.18. The molecule has 3 aromatic rings. The maximum atomic E-state index is 12.7. The predicted octanol–water partition coefficient (Wildman–Crippen LogP) is 3.71. The van der Waals surface area contributed by atoms with Crippen LogP contribution in [-0.4, -0.2) is 25.0 Å². The van der Waals surface area contributed by atoms with Crippen LogP contribution >= 0.6 is 0 Å². The van der Waals surface area contributed by atoms with Gasteiger partial charge in [-0.3, -0.25) is 4.79 Å². The first-order valence-electron chi connectivity index (χ1n) is 9.81. The van der Waals surface area contributed by atoms with E-state index in [9.17, 15) is 9.59 Å². The Morgan fingerprint density at radius 3 is 2.00 bits per heavy atom. The lowest BCUT2D eigenvalue weighted by atomic mass is 10.1. The van der Waals surface area contributed by atoms with Gasteiger partial charge in [-0.1, -0.05) is 72.8 Å². The number of amides is 1. The number of ether oxygens (including phenoxy) is 2. The van der Waals surface area contributed by atoms with E-state index in [0.717, 1.165) is 22.4 Å². The third-order valence-electron chi connectivity index (χ3n) is 4.65. The standard InChI is InChI=1S/C25H25NO4/c1-29-22-14-12-20(13-15-22)17-24(27)26-23(16-19-8-4-2-5-9-19)25(28)30-18-21-10-6-3-7-11-21/h2-15,23H,16-18H2,1H3,(H,26,27)/t23-/m0/s1. The highest BCUT2D eigenvalue weighted by Gasteiger charge is 2.23. The molecule has 5 heteroatoms. The van der Waals surface area contributed by atoms with E-state index in [0.29, 0.717) is 6.42 Å². The van der Waals surface area contributed by atoms with Gasteiger partial charge < -0.3 is 14.8 Å². The second-order valence-corrected chi connectivity index (χ2v) is 6.93. The summed E-state index contributed by atoms with van der Waals surface area (Å²) in [6, 6.07) is 25.5. The van der Waals surface area contributed by atoms with Crippen LogP contribution in [0.15, 0.2) is 84.9 Å². The Labute approximate surface area is 176 Å². The van der Waals surface area contributed by atoms with Crippen LogP contribution < -0.4 is 10.1 Å². The van der Waals surface area contributed by atoms with E-state index in [-0.39, 0.29) is 18.9 Å². The first-order chi connectivity index (χ1) is 14.6. The Balaban J connectivity index is 1.64. The number of rotatable bonds is 9. The monoisotopic (exact) mass is 403 g/mol. The molecule has 0 fully saturated rings. The molecule has 0 spiro atoms. The summed E-state index contributed by atoms with van der Waals surface area (Å²) in [6.07, 6.45) is 0.532. The molecule has 3 rings (SSSR count). The zero-order chi connectivity index (χ0) is 21.2. The van der Waals surface area contributed by atoms with Gasteiger partial charge in [0.15, 0.2) is 0 Å². The van der Waals surface area contributed by atoms with Crippen LogP contribution in [0.4, 0.5) is 0 Å². The molecular formula is C25H25NO4. The molecule has 0 saturated heterocycles. The summed E-state index contributed by atoms with van der Waals surface area (Å²) < 4.78 is 10.6. The van der Waals surface area contributed by atoms with Crippen LogP contribution in [-0.2, 0) is 33.8 Å². The van der Waals surface area contributed by atoms with E-state index in [4.69, 9.17) is 9.47 Å². The SMILES string of the molecule is COc1ccc(CC(=O)N[C@@H](Cc2ccccc2)C(=O)OCc2ccccc2)cc1. The fourth-order valence-electron chi connectivity index (χ4n) is 3.05. The van der Waals surface area contributed by atoms with Gasteiger partial charge in [0.05, 0.1) is 13.5 Å². The molecule has 0 unspecified atom stereocenters. The number of hydrogen-bond donors (Lipinski definition) is 1. The van der Waals surface area contributed by atoms with Crippen molar-refractivity contribution in [1.82, 2.24) is 5.32 Å². The highest BCUT2D eigenvalue weighted by atomic mass is 16.5. The fraction of sp³-hybridized carbons (Fsp3) is 0.200. The first-order valence-corrected chi connectivity index (χ1v) is 9.81. The maximum Gasteiger partial charge on any atom is 0.329 e. The molecule has 30 heavy (non-hydrogen) atoms. The van der Waals surface area contributed by atoms with Crippen molar-refractivity contribution in [3.63, 3.8) is 0 Å². The molecule has 3 aromatic carbocycles. The third kappa shape index (κ3) is 6.48. The number of carbonyl (C=O) groups is 2. The number of nitrogens with one attached hydrogen (secondary N) is 1. The molecule has 0 aliphatic heterocycles. The number of esters is 1. The van der Waals surface area contributed by atoms with E-state index >= 15 is 0 Å². The maximum absolute atomic E-state index is 12.7. The molecule has 0 bridgehead atoms. The van der Waals surface area contributed by atoms with Crippen molar-refractivity contribution < 1.29 is 19.1 Å². The molecule has 0 radical (unpaired) electrons. The topological polar surface area (TPSA) is 64.6 Å². The second-order valence-electron chi connectivity index (χ2n) is 6.93. The predicted molar refractivity (Wildman–Crippen MR) is 115 cm³/mol. The van der Waals surface area contributed by atoms with E-state index in [1.807, 2.05) is 72.8 Å². The Hall–Kier alpha value is -3.60. The summed E-state index contributed by atoms with van der Waals surface area (Å²) in [5.41, 5.74) is 2.68. The number of carbonyl (C=O) groups excluding carboxylic acids is 2. The molecule has 0 aromatic heterocycles. The molecule has 0 aliphatic carbocycles. The van der Waals surface area contributed by atoms with Crippen LogP contribution in [0.2, 0.25) is 0 Å². The van der Waals surface area contributed by atoms with Gasteiger partial charge in [0.25, 0.3) is 0 Å². The third-order valence-corrected chi connectivity index (χ3v) is 4.65. The molecule has 0 saturated carbocycles. The summed E-state index contributed by atoms with van der Waals surface area (Å²) >= 11 is 0. The minimum absolute atomic E-state index is 0.166. The van der Waals surface area contributed by atoms with E-state index in [1.54, 1.807) is 19.2 Å². The molecule has 1 amide bonds. The van der Waals surface area contributed by atoms with Gasteiger partial charge in [0, 0.05) is 6.42 Å². The normalized spacial score (nSPS) is 11.4. The lowest BCUT2D eigenvalue weighted by Crippen LogP contribution is -2.44. The zero-order valence-corrected chi connectivity index (χ0v) is 16.9. The summed E-state index contributed by atoms with van der Waals surface area (Å²) in [7, 11) is 1.59. The van der Waals surface area contributed by atoms with E-state index < -0.39 is 12.0 Å². The van der Waals surface area contributed by atoms with Gasteiger partial charge in [-0.25, -0.2) is 4.79 Å². The Morgan fingerprint density at radius 2 is 1.40 bits per heavy atom. The summed E-state index contributed by atoms with van der Waals surface area (Å²) in [4.78, 5) is 25.3. The van der Waals surface area contributed by atoms with Crippen LogP contribution in [0, 0.1) is 0 Å². The lowest BCUT2D eigenvalue weighted by molar-refractivity contribution is -0.149. The number of benzene rings is 3. The molecule has 1 atom stereocenters. The Bertz CT molecular complexity index is 940. The summed E-state index contributed by atoms with van der Waals surface area (Å²) in [6.45, 7) is 0.166. The van der Waals surface area contributed by atoms with Crippen molar-refractivity contribution >= 4 is 11.9 Å². The number of methoxy groups -OCH3 is 1. The summed E-state index contributed by atoms with van der Waals surface area (Å²) in [5.74, 6) is 0.0362. The minimum Gasteiger partial charge on any atom is -0.497 e. The molecule has 5 nitrogen and oxygen atoms in total. The van der Waals surface area contributed by atoms with Crippen molar-refractivity contribution in [3.8, 4) is 5.75 Å². The highest BCUT2D eigenvalue weighted by Crippen LogP contribution is 2.12. The quantitative estimate of drug-likeness (QED) is 0.553. The fourth-order valence-corrected chi connectivity index (χ4v) is 3.05. The van der Waals surface area contributed by atoms with Crippen LogP contribution in [0.25, 0.3) is 0 Å². The van der Waals surface area contributed by atoms with Crippen molar-refractivity contribution in [2.45, 2.75) is 25.5 Å². The molecule has 0 aliphatic rings. The highest BCUT2D eigenvalue weighted by molar-refractivity contribution is 5.85. The Kier molecular flexibility index (Phi) is 7.61. The molecule has 154 valence electrons. The van der Waals surface area contributed by atoms with E-state index in [1.165, 1.54) is 0 Å². The first kappa shape index (κ1) is 21.1. The van der Waals surface area contributed by atoms with Crippen molar-refractivity contribution in [2.75, 3.05) is 7.11 Å². The van der Waals surface area contributed by atoms with Gasteiger partial charge in [-0.05, 0) is 28.8 Å². The average Bonchev–Trinajstić information content (AvgIpc) is 2.79. The van der Waals surface area contributed by atoms with Crippen molar-refractivity contribution in [2.24, 2.45) is 0 Å². The van der Waals surface area contributed by atoms with Gasteiger partial charge in [0.2, 0.25) is 5.91 Å². The van der Waals surface area contributed by atoms with Gasteiger partial charge >= 0.3 is 5.97 Å². The molecule has 1 N–H and O–H groups in total. The van der Waals surface area contributed by atoms with Crippen LogP contribution in [0.3, 0.4) is 0 Å². The van der Waals surface area contributed by atoms with Gasteiger partial charge in [-0.2, -0.15) is 0 Å². The zero-order valence-electron chi connectivity index (χ0n) is 16.9. The minimum atomic E-state index is -0.762. The second kappa shape index (κ2) is 10.8. The average molecular weight is 403 g/mol. The van der Waals surface area contributed by atoms with Crippen LogP contribution in [0.5, 0.6) is 5.75 Å².